The second-order valence-electron chi connectivity index (χ2n) is 5.40. The van der Waals surface area contributed by atoms with Crippen molar-refractivity contribution in [2.75, 3.05) is 11.9 Å². The van der Waals surface area contributed by atoms with Crippen LogP contribution < -0.4 is 10.6 Å². The maximum atomic E-state index is 13.7. The minimum Gasteiger partial charge on any atom is -0.383 e. The third kappa shape index (κ3) is 4.27. The van der Waals surface area contributed by atoms with E-state index in [2.05, 4.69) is 10.6 Å². The molecule has 3 N–H and O–H groups in total. The summed E-state index contributed by atoms with van der Waals surface area (Å²) in [5, 5.41) is 24.0. The van der Waals surface area contributed by atoms with Crippen LogP contribution in [-0.2, 0) is 5.60 Å². The molecule has 2 rings (SSSR count). The number of carbonyl (C=O) groups is 1. The number of nitrogens with zero attached hydrogens (tertiary/aromatic N) is 1. The second-order valence-corrected chi connectivity index (χ2v) is 5.40. The van der Waals surface area contributed by atoms with E-state index in [1.54, 1.807) is 18.2 Å². The number of nitrogens with one attached hydrogen (secondary N) is 2. The maximum absolute atomic E-state index is 13.7. The number of halogens is 2. The van der Waals surface area contributed by atoms with Crippen LogP contribution >= 0.6 is 0 Å². The van der Waals surface area contributed by atoms with Crippen molar-refractivity contribution in [1.29, 1.82) is 5.26 Å². The van der Waals surface area contributed by atoms with Gasteiger partial charge in [-0.15, -0.1) is 0 Å². The van der Waals surface area contributed by atoms with E-state index >= 15 is 0 Å². The molecule has 1 atom stereocenters. The molecule has 0 heterocycles. The molecule has 0 radical (unpaired) electrons. The van der Waals surface area contributed by atoms with Gasteiger partial charge in [0.05, 0.1) is 18.2 Å². The first-order valence-corrected chi connectivity index (χ1v) is 7.05. The van der Waals surface area contributed by atoms with Crippen LogP contribution in [0.25, 0.3) is 0 Å². The number of nitriles is 1. The molecular weight excluding hydrogens is 316 g/mol. The summed E-state index contributed by atoms with van der Waals surface area (Å²) in [5.41, 5.74) is -1.06. The highest BCUT2D eigenvalue weighted by molar-refractivity contribution is 5.89. The zero-order valence-electron chi connectivity index (χ0n) is 12.8. The smallest absolute Gasteiger partial charge is 0.319 e. The molecule has 24 heavy (non-hydrogen) atoms. The molecule has 124 valence electrons. The Hall–Kier alpha value is -2.98. The zero-order chi connectivity index (χ0) is 17.7. The molecule has 0 spiro atoms. The van der Waals surface area contributed by atoms with Gasteiger partial charge in [0.2, 0.25) is 0 Å². The minimum atomic E-state index is -1.72. The summed E-state index contributed by atoms with van der Waals surface area (Å²) in [7, 11) is 0. The molecule has 0 saturated carbocycles. The highest BCUT2D eigenvalue weighted by Gasteiger charge is 2.27. The Morgan fingerprint density at radius 3 is 2.71 bits per heavy atom. The third-order valence-corrected chi connectivity index (χ3v) is 3.35. The molecule has 0 aliphatic rings. The van der Waals surface area contributed by atoms with Crippen molar-refractivity contribution in [3.8, 4) is 6.07 Å². The lowest BCUT2D eigenvalue weighted by molar-refractivity contribution is 0.0561. The third-order valence-electron chi connectivity index (χ3n) is 3.35. The quantitative estimate of drug-likeness (QED) is 0.805. The Kier molecular flexibility index (Phi) is 5.11. The highest BCUT2D eigenvalue weighted by atomic mass is 19.1. The Balaban J connectivity index is 2.00. The topological polar surface area (TPSA) is 85.2 Å². The number of rotatable bonds is 4. The number of carbonyl (C=O) groups excluding carboxylic acids is 1. The summed E-state index contributed by atoms with van der Waals surface area (Å²) >= 11 is 0. The summed E-state index contributed by atoms with van der Waals surface area (Å²) in [6.45, 7) is 1.01. The van der Waals surface area contributed by atoms with Crippen molar-refractivity contribution in [3.05, 3.63) is 65.2 Å². The number of aliphatic hydroxyl groups is 1. The molecule has 0 aliphatic carbocycles. The molecule has 0 aromatic heterocycles. The number of hydrogen-bond donors (Lipinski definition) is 3. The summed E-state index contributed by atoms with van der Waals surface area (Å²) in [6, 6.07) is 10.4. The summed E-state index contributed by atoms with van der Waals surface area (Å²) in [6.07, 6.45) is 0. The Bertz CT molecular complexity index is 801. The lowest BCUT2D eigenvalue weighted by Crippen LogP contribution is -2.41. The second kappa shape index (κ2) is 7.06. The van der Waals surface area contributed by atoms with Gasteiger partial charge in [-0.05, 0) is 31.2 Å². The van der Waals surface area contributed by atoms with Gasteiger partial charge in [0.15, 0.2) is 0 Å². The lowest BCUT2D eigenvalue weighted by atomic mass is 9.95. The van der Waals surface area contributed by atoms with Crippen molar-refractivity contribution >= 4 is 11.7 Å². The van der Waals surface area contributed by atoms with E-state index < -0.39 is 23.3 Å². The van der Waals surface area contributed by atoms with Gasteiger partial charge < -0.3 is 15.7 Å². The lowest BCUT2D eigenvalue weighted by Gasteiger charge is -2.24. The van der Waals surface area contributed by atoms with Crippen LogP contribution in [0.2, 0.25) is 0 Å². The fourth-order valence-electron chi connectivity index (χ4n) is 2.12. The average molecular weight is 331 g/mol. The van der Waals surface area contributed by atoms with E-state index in [1.807, 2.05) is 6.07 Å². The van der Waals surface area contributed by atoms with E-state index in [-0.39, 0.29) is 12.1 Å². The molecular formula is C17H15F2N3O2. The number of anilines is 1. The van der Waals surface area contributed by atoms with Crippen LogP contribution in [0.15, 0.2) is 42.5 Å². The Morgan fingerprint density at radius 1 is 1.29 bits per heavy atom. The number of benzene rings is 2. The highest BCUT2D eigenvalue weighted by Crippen LogP contribution is 2.23. The Morgan fingerprint density at radius 2 is 2.04 bits per heavy atom. The molecule has 2 amide bonds. The van der Waals surface area contributed by atoms with Crippen LogP contribution in [0, 0.1) is 23.0 Å². The molecule has 0 aliphatic heterocycles. The predicted octanol–water partition coefficient (Wildman–Crippen LogP) is 2.87. The summed E-state index contributed by atoms with van der Waals surface area (Å²) in [5.74, 6) is -1.65. The van der Waals surface area contributed by atoms with Gasteiger partial charge in [-0.3, -0.25) is 0 Å². The molecule has 2 aromatic carbocycles. The van der Waals surface area contributed by atoms with Crippen LogP contribution in [0.4, 0.5) is 19.3 Å². The van der Waals surface area contributed by atoms with Crippen LogP contribution in [0.5, 0.6) is 0 Å². The van der Waals surface area contributed by atoms with E-state index in [0.717, 1.165) is 12.1 Å². The number of hydrogen-bond acceptors (Lipinski definition) is 3. The normalized spacial score (nSPS) is 12.8. The summed E-state index contributed by atoms with van der Waals surface area (Å²) in [4.78, 5) is 11.9. The van der Waals surface area contributed by atoms with Crippen molar-refractivity contribution in [3.63, 3.8) is 0 Å². The molecule has 0 fully saturated rings. The molecule has 2 aromatic rings. The zero-order valence-corrected chi connectivity index (χ0v) is 12.8. The Labute approximate surface area is 137 Å². The minimum absolute atomic E-state index is 0.129. The van der Waals surface area contributed by atoms with Gasteiger partial charge >= 0.3 is 6.03 Å². The van der Waals surface area contributed by atoms with Gasteiger partial charge in [0.25, 0.3) is 0 Å². The predicted molar refractivity (Wildman–Crippen MR) is 84.1 cm³/mol. The first-order valence-electron chi connectivity index (χ1n) is 7.05. The monoisotopic (exact) mass is 331 g/mol. The summed E-state index contributed by atoms with van der Waals surface area (Å²) < 4.78 is 26.7. The van der Waals surface area contributed by atoms with Crippen molar-refractivity contribution in [2.45, 2.75) is 12.5 Å². The van der Waals surface area contributed by atoms with Crippen LogP contribution in [0.3, 0.4) is 0 Å². The van der Waals surface area contributed by atoms with Gasteiger partial charge in [-0.2, -0.15) is 5.26 Å². The SMILES string of the molecule is CC(O)(CNC(=O)Nc1cccc(C#N)c1)c1ccc(F)cc1F. The van der Waals surface area contributed by atoms with E-state index in [1.165, 1.54) is 13.0 Å². The van der Waals surface area contributed by atoms with E-state index in [9.17, 15) is 18.7 Å². The van der Waals surface area contributed by atoms with E-state index in [4.69, 9.17) is 5.26 Å². The largest absolute Gasteiger partial charge is 0.383 e. The van der Waals surface area contributed by atoms with E-state index in [0.29, 0.717) is 17.3 Å². The fourth-order valence-corrected chi connectivity index (χ4v) is 2.12. The number of amides is 2. The van der Waals surface area contributed by atoms with Gasteiger partial charge in [0, 0.05) is 17.3 Å². The van der Waals surface area contributed by atoms with Gasteiger partial charge in [-0.1, -0.05) is 12.1 Å². The van der Waals surface area contributed by atoms with Gasteiger partial charge in [-0.25, -0.2) is 13.6 Å². The molecule has 7 heteroatoms. The fraction of sp³-hybridized carbons (Fsp3) is 0.176. The van der Waals surface area contributed by atoms with Crippen molar-refractivity contribution in [2.24, 2.45) is 0 Å². The average Bonchev–Trinajstić information content (AvgIpc) is 2.53. The van der Waals surface area contributed by atoms with Gasteiger partial charge in [0.1, 0.15) is 17.2 Å². The molecule has 0 saturated heterocycles. The van der Waals surface area contributed by atoms with Crippen LogP contribution in [-0.4, -0.2) is 17.7 Å². The molecule has 1 unspecified atom stereocenters. The van der Waals surface area contributed by atoms with Crippen molar-refractivity contribution < 1.29 is 18.7 Å². The molecule has 5 nitrogen and oxygen atoms in total. The van der Waals surface area contributed by atoms with Crippen LogP contribution in [0.1, 0.15) is 18.1 Å². The first-order chi connectivity index (χ1) is 11.3. The standard InChI is InChI=1S/C17H15F2N3O2/c1-17(24,14-6-5-12(18)8-15(14)19)10-21-16(23)22-13-4-2-3-11(7-13)9-20/h2-8,24H,10H2,1H3,(H2,21,22,23). The first kappa shape index (κ1) is 17.4. The molecule has 0 bridgehead atoms. The van der Waals surface area contributed by atoms with Crippen molar-refractivity contribution in [1.82, 2.24) is 5.32 Å². The number of urea groups is 1. The maximum Gasteiger partial charge on any atom is 0.319 e.